The average Bonchev–Trinajstić information content (AvgIpc) is 2.46. The Morgan fingerprint density at radius 3 is 2.32 bits per heavy atom. The smallest absolute Gasteiger partial charge is 0.150 e. The van der Waals surface area contributed by atoms with E-state index < -0.39 is 0 Å². The van der Waals surface area contributed by atoms with Crippen LogP contribution in [-0.4, -0.2) is 13.3 Å². The summed E-state index contributed by atoms with van der Waals surface area (Å²) in [6, 6.07) is 13.9. The van der Waals surface area contributed by atoms with Gasteiger partial charge in [0.05, 0.1) is 6.04 Å². The summed E-state index contributed by atoms with van der Waals surface area (Å²) in [6.45, 7) is 1.95. The molecule has 0 aliphatic rings. The third-order valence-corrected chi connectivity index (χ3v) is 3.37. The second kappa shape index (κ2) is 5.65. The maximum atomic E-state index is 13.8. The van der Waals surface area contributed by atoms with Gasteiger partial charge < -0.3 is 4.90 Å². The van der Waals surface area contributed by atoms with Crippen molar-refractivity contribution in [2.45, 2.75) is 13.0 Å². The van der Waals surface area contributed by atoms with Gasteiger partial charge in [-0.25, -0.2) is 4.39 Å². The predicted molar refractivity (Wildman–Crippen MR) is 75.0 cm³/mol. The van der Waals surface area contributed by atoms with Gasteiger partial charge >= 0.3 is 0 Å². The van der Waals surface area contributed by atoms with Crippen LogP contribution in [0.5, 0.6) is 0 Å². The van der Waals surface area contributed by atoms with Gasteiger partial charge in [0.1, 0.15) is 12.1 Å². The Hall–Kier alpha value is -2.16. The lowest BCUT2D eigenvalue weighted by Crippen LogP contribution is -2.22. The van der Waals surface area contributed by atoms with E-state index in [4.69, 9.17) is 0 Å². The molecule has 2 aromatic rings. The molecule has 0 aliphatic heterocycles. The van der Waals surface area contributed by atoms with E-state index in [0.717, 1.165) is 12.0 Å². The number of aldehydes is 1. The number of rotatable bonds is 4. The Labute approximate surface area is 112 Å². The normalized spacial score (nSPS) is 11.9. The van der Waals surface area contributed by atoms with Gasteiger partial charge in [0.15, 0.2) is 0 Å². The second-order valence-corrected chi connectivity index (χ2v) is 4.52. The van der Waals surface area contributed by atoms with Gasteiger partial charge in [-0.1, -0.05) is 18.2 Å². The van der Waals surface area contributed by atoms with Crippen LogP contribution in [0.2, 0.25) is 0 Å². The highest BCUT2D eigenvalue weighted by molar-refractivity contribution is 5.75. The minimum absolute atomic E-state index is 0.0803. The molecule has 2 rings (SSSR count). The summed E-state index contributed by atoms with van der Waals surface area (Å²) in [4.78, 5) is 12.6. The lowest BCUT2D eigenvalue weighted by molar-refractivity contribution is 0.112. The number of carbonyl (C=O) groups is 1. The van der Waals surface area contributed by atoms with Crippen LogP contribution in [0.15, 0.2) is 48.5 Å². The molecule has 3 heteroatoms. The first-order valence-electron chi connectivity index (χ1n) is 6.16. The molecule has 0 heterocycles. The van der Waals surface area contributed by atoms with E-state index in [0.29, 0.717) is 11.1 Å². The minimum Gasteiger partial charge on any atom is -0.368 e. The molecular weight excluding hydrogens is 241 g/mol. The van der Waals surface area contributed by atoms with Crippen molar-refractivity contribution in [2.24, 2.45) is 0 Å². The predicted octanol–water partition coefficient (Wildman–Crippen LogP) is 3.84. The Balaban J connectivity index is 2.25. The van der Waals surface area contributed by atoms with E-state index >= 15 is 0 Å². The Bertz CT molecular complexity index is 565. The van der Waals surface area contributed by atoms with E-state index in [1.807, 2.05) is 37.1 Å². The number of hydrogen-bond donors (Lipinski definition) is 0. The molecule has 0 fully saturated rings. The van der Waals surface area contributed by atoms with E-state index in [9.17, 15) is 9.18 Å². The quantitative estimate of drug-likeness (QED) is 0.776. The number of anilines is 1. The maximum absolute atomic E-state index is 13.8. The molecule has 0 saturated carbocycles. The fourth-order valence-corrected chi connectivity index (χ4v) is 2.03. The Morgan fingerprint density at radius 1 is 1.11 bits per heavy atom. The molecule has 19 heavy (non-hydrogen) atoms. The van der Waals surface area contributed by atoms with Crippen LogP contribution in [0.4, 0.5) is 10.1 Å². The summed E-state index contributed by atoms with van der Waals surface area (Å²) < 4.78 is 13.8. The van der Waals surface area contributed by atoms with Crippen LogP contribution in [0.3, 0.4) is 0 Å². The summed E-state index contributed by atoms with van der Waals surface area (Å²) in [5.41, 5.74) is 2.24. The zero-order valence-electron chi connectivity index (χ0n) is 11.0. The number of hydrogen-bond acceptors (Lipinski definition) is 2. The van der Waals surface area contributed by atoms with Gasteiger partial charge in [0.25, 0.3) is 0 Å². The van der Waals surface area contributed by atoms with Crippen molar-refractivity contribution in [2.75, 3.05) is 11.9 Å². The highest BCUT2D eigenvalue weighted by Crippen LogP contribution is 2.26. The standard InChI is InChI=1S/C16H16FNO/c1-12(15-5-3-4-6-16(15)17)18(2)14-9-7-13(11-19)8-10-14/h3-12H,1-2H3. The lowest BCUT2D eigenvalue weighted by atomic mass is 10.1. The van der Waals surface area contributed by atoms with Crippen LogP contribution in [0.25, 0.3) is 0 Å². The highest BCUT2D eigenvalue weighted by atomic mass is 19.1. The molecule has 0 aromatic heterocycles. The molecule has 0 amide bonds. The van der Waals surface area contributed by atoms with E-state index in [-0.39, 0.29) is 11.9 Å². The van der Waals surface area contributed by atoms with Crippen molar-refractivity contribution in [3.8, 4) is 0 Å². The monoisotopic (exact) mass is 257 g/mol. The number of nitrogens with zero attached hydrogens (tertiary/aromatic N) is 1. The number of halogens is 1. The number of benzene rings is 2. The van der Waals surface area contributed by atoms with Gasteiger partial charge in [0, 0.05) is 23.9 Å². The summed E-state index contributed by atoms with van der Waals surface area (Å²) in [6.07, 6.45) is 0.810. The summed E-state index contributed by atoms with van der Waals surface area (Å²) >= 11 is 0. The van der Waals surface area contributed by atoms with Gasteiger partial charge in [0.2, 0.25) is 0 Å². The van der Waals surface area contributed by atoms with Gasteiger partial charge in [-0.3, -0.25) is 4.79 Å². The molecule has 98 valence electrons. The van der Waals surface area contributed by atoms with Gasteiger partial charge in [-0.05, 0) is 37.3 Å². The molecule has 0 radical (unpaired) electrons. The molecule has 2 aromatic carbocycles. The SMILES string of the molecule is CC(c1ccccc1F)N(C)c1ccc(C=O)cc1. The van der Waals surface area contributed by atoms with Crippen molar-refractivity contribution < 1.29 is 9.18 Å². The average molecular weight is 257 g/mol. The van der Waals surface area contributed by atoms with Gasteiger partial charge in [-0.15, -0.1) is 0 Å². The molecule has 2 nitrogen and oxygen atoms in total. The molecule has 0 spiro atoms. The molecule has 0 saturated heterocycles. The Kier molecular flexibility index (Phi) is 3.95. The first kappa shape index (κ1) is 13.3. The molecular formula is C16H16FNO. The number of carbonyl (C=O) groups excluding carboxylic acids is 1. The largest absolute Gasteiger partial charge is 0.368 e. The maximum Gasteiger partial charge on any atom is 0.150 e. The van der Waals surface area contributed by atoms with Gasteiger partial charge in [-0.2, -0.15) is 0 Å². The molecule has 0 bridgehead atoms. The van der Waals surface area contributed by atoms with Crippen molar-refractivity contribution in [3.05, 3.63) is 65.5 Å². The third-order valence-electron chi connectivity index (χ3n) is 3.37. The van der Waals surface area contributed by atoms with Crippen molar-refractivity contribution in [1.82, 2.24) is 0 Å². The molecule has 1 atom stereocenters. The van der Waals surface area contributed by atoms with E-state index in [1.165, 1.54) is 6.07 Å². The molecule has 0 aliphatic carbocycles. The van der Waals surface area contributed by atoms with Crippen LogP contribution >= 0.6 is 0 Å². The highest BCUT2D eigenvalue weighted by Gasteiger charge is 2.15. The van der Waals surface area contributed by atoms with Crippen LogP contribution < -0.4 is 4.90 Å². The first-order chi connectivity index (χ1) is 9.13. The summed E-state index contributed by atoms with van der Waals surface area (Å²) in [5, 5.41) is 0. The van der Waals surface area contributed by atoms with E-state index in [1.54, 1.807) is 24.3 Å². The molecule has 1 unspecified atom stereocenters. The summed E-state index contributed by atoms with van der Waals surface area (Å²) in [5.74, 6) is -0.202. The van der Waals surface area contributed by atoms with Crippen molar-refractivity contribution in [1.29, 1.82) is 0 Å². The third kappa shape index (κ3) is 2.81. The fourth-order valence-electron chi connectivity index (χ4n) is 2.03. The molecule has 0 N–H and O–H groups in total. The van der Waals surface area contributed by atoms with Crippen molar-refractivity contribution in [3.63, 3.8) is 0 Å². The topological polar surface area (TPSA) is 20.3 Å². The summed E-state index contributed by atoms with van der Waals surface area (Å²) in [7, 11) is 1.91. The van der Waals surface area contributed by atoms with E-state index in [2.05, 4.69) is 0 Å². The first-order valence-corrected chi connectivity index (χ1v) is 6.16. The van der Waals surface area contributed by atoms with Crippen LogP contribution in [-0.2, 0) is 0 Å². The zero-order chi connectivity index (χ0) is 13.8. The lowest BCUT2D eigenvalue weighted by Gasteiger charge is -2.27. The second-order valence-electron chi connectivity index (χ2n) is 4.52. The Morgan fingerprint density at radius 2 is 1.74 bits per heavy atom. The fraction of sp³-hybridized carbons (Fsp3) is 0.188. The van der Waals surface area contributed by atoms with Crippen LogP contribution in [0, 0.1) is 5.82 Å². The minimum atomic E-state index is -0.202. The zero-order valence-corrected chi connectivity index (χ0v) is 11.0. The van der Waals surface area contributed by atoms with Crippen molar-refractivity contribution >= 4 is 12.0 Å². The van der Waals surface area contributed by atoms with Crippen LogP contribution in [0.1, 0.15) is 28.9 Å².